The van der Waals surface area contributed by atoms with Crippen molar-refractivity contribution < 1.29 is 9.59 Å². The summed E-state index contributed by atoms with van der Waals surface area (Å²) in [7, 11) is 0. The molecule has 2 heterocycles. The van der Waals surface area contributed by atoms with Gasteiger partial charge in [0.15, 0.2) is 0 Å². The number of nitrogens with one attached hydrogen (secondary N) is 2. The Morgan fingerprint density at radius 3 is 2.40 bits per heavy atom. The van der Waals surface area contributed by atoms with Crippen molar-refractivity contribution in [1.29, 1.82) is 0 Å². The molecule has 1 saturated heterocycles. The standard InChI is InChI=1S/C27H26N6O2/c28-25(34)21-8-4-9-22-24(21)29-17-30-26(22)32-23(16-33-14-5-15-33)18-10-12-20(13-11-18)31-27(35)19-6-2-1-3-7-19/h1-4,6-13,17,23H,5,14-16H2,(H2,28,34)(H,31,35)(H,29,30,32)/t23-/m1/s1. The van der Waals surface area contributed by atoms with E-state index in [0.29, 0.717) is 22.5 Å². The molecule has 176 valence electrons. The summed E-state index contributed by atoms with van der Waals surface area (Å²) >= 11 is 0. The molecule has 1 aromatic heterocycles. The molecule has 3 aromatic carbocycles. The van der Waals surface area contributed by atoms with E-state index >= 15 is 0 Å². The van der Waals surface area contributed by atoms with Crippen molar-refractivity contribution in [2.45, 2.75) is 12.5 Å². The number of carbonyl (C=O) groups excluding carboxylic acids is 2. The third kappa shape index (κ3) is 4.97. The molecular formula is C27H26N6O2. The zero-order chi connectivity index (χ0) is 24.2. The second-order valence-electron chi connectivity index (χ2n) is 8.58. The number of rotatable bonds is 8. The van der Waals surface area contributed by atoms with Gasteiger partial charge in [-0.25, -0.2) is 9.97 Å². The number of amides is 2. The number of nitrogens with zero attached hydrogens (tertiary/aromatic N) is 3. The van der Waals surface area contributed by atoms with Crippen molar-refractivity contribution in [2.24, 2.45) is 5.73 Å². The fourth-order valence-electron chi connectivity index (χ4n) is 4.21. The number of fused-ring (bicyclic) bond motifs is 1. The van der Waals surface area contributed by atoms with E-state index in [0.717, 1.165) is 36.3 Å². The minimum absolute atomic E-state index is 0.0514. The van der Waals surface area contributed by atoms with Gasteiger partial charge in [0.1, 0.15) is 12.1 Å². The second-order valence-corrected chi connectivity index (χ2v) is 8.58. The predicted molar refractivity (Wildman–Crippen MR) is 136 cm³/mol. The molecule has 0 spiro atoms. The van der Waals surface area contributed by atoms with E-state index in [-0.39, 0.29) is 11.9 Å². The number of para-hydroxylation sites is 1. The van der Waals surface area contributed by atoms with Crippen LogP contribution in [0.2, 0.25) is 0 Å². The smallest absolute Gasteiger partial charge is 0.255 e. The maximum absolute atomic E-state index is 12.5. The van der Waals surface area contributed by atoms with Crippen LogP contribution in [-0.4, -0.2) is 46.3 Å². The summed E-state index contributed by atoms with van der Waals surface area (Å²) in [6.45, 7) is 2.91. The van der Waals surface area contributed by atoms with Gasteiger partial charge in [-0.2, -0.15) is 0 Å². The Labute approximate surface area is 203 Å². The summed E-state index contributed by atoms with van der Waals surface area (Å²) < 4.78 is 0. The Morgan fingerprint density at radius 2 is 1.71 bits per heavy atom. The van der Waals surface area contributed by atoms with Gasteiger partial charge >= 0.3 is 0 Å². The first-order valence-corrected chi connectivity index (χ1v) is 11.6. The monoisotopic (exact) mass is 466 g/mol. The number of nitrogens with two attached hydrogens (primary N) is 1. The average molecular weight is 467 g/mol. The minimum atomic E-state index is -0.523. The SMILES string of the molecule is NC(=O)c1cccc2c(N[C@H](CN3CCC3)c3ccc(NC(=O)c4ccccc4)cc3)ncnc12. The van der Waals surface area contributed by atoms with Crippen LogP contribution < -0.4 is 16.4 Å². The number of primary amides is 1. The molecule has 0 bridgehead atoms. The van der Waals surface area contributed by atoms with E-state index in [1.54, 1.807) is 24.3 Å². The second kappa shape index (κ2) is 9.90. The van der Waals surface area contributed by atoms with E-state index in [4.69, 9.17) is 5.73 Å². The predicted octanol–water partition coefficient (Wildman–Crippen LogP) is 3.84. The summed E-state index contributed by atoms with van der Waals surface area (Å²) in [5, 5.41) is 7.24. The van der Waals surface area contributed by atoms with Crippen LogP contribution in [0.5, 0.6) is 0 Å². The molecule has 35 heavy (non-hydrogen) atoms. The van der Waals surface area contributed by atoms with Gasteiger partial charge in [-0.05, 0) is 61.5 Å². The lowest BCUT2D eigenvalue weighted by Gasteiger charge is -2.35. The van der Waals surface area contributed by atoms with Gasteiger partial charge in [-0.3, -0.25) is 9.59 Å². The first-order valence-electron chi connectivity index (χ1n) is 11.6. The number of likely N-dealkylation sites (tertiary alicyclic amines) is 1. The highest BCUT2D eigenvalue weighted by atomic mass is 16.2. The third-order valence-electron chi connectivity index (χ3n) is 6.24. The van der Waals surface area contributed by atoms with Gasteiger partial charge in [0, 0.05) is 23.2 Å². The maximum Gasteiger partial charge on any atom is 0.255 e. The number of hydrogen-bond acceptors (Lipinski definition) is 6. The van der Waals surface area contributed by atoms with Gasteiger partial charge in [-0.1, -0.05) is 36.4 Å². The normalized spacial score (nSPS) is 14.2. The molecule has 1 aliphatic heterocycles. The molecule has 4 aromatic rings. The van der Waals surface area contributed by atoms with Gasteiger partial charge in [0.2, 0.25) is 0 Å². The number of anilines is 2. The van der Waals surface area contributed by atoms with Gasteiger partial charge in [-0.15, -0.1) is 0 Å². The molecule has 0 aliphatic carbocycles. The molecule has 0 saturated carbocycles. The largest absolute Gasteiger partial charge is 0.366 e. The van der Waals surface area contributed by atoms with Crippen molar-refractivity contribution in [3.8, 4) is 0 Å². The lowest BCUT2D eigenvalue weighted by atomic mass is 10.0. The lowest BCUT2D eigenvalue weighted by Crippen LogP contribution is -2.41. The van der Waals surface area contributed by atoms with Crippen molar-refractivity contribution in [2.75, 3.05) is 30.3 Å². The van der Waals surface area contributed by atoms with Crippen LogP contribution in [0.1, 0.15) is 38.7 Å². The van der Waals surface area contributed by atoms with Crippen LogP contribution in [0.25, 0.3) is 10.9 Å². The minimum Gasteiger partial charge on any atom is -0.366 e. The Morgan fingerprint density at radius 1 is 0.943 bits per heavy atom. The van der Waals surface area contributed by atoms with Gasteiger partial charge in [0.05, 0.1) is 17.1 Å². The number of aromatic nitrogens is 2. The first kappa shape index (κ1) is 22.5. The topological polar surface area (TPSA) is 113 Å². The van der Waals surface area contributed by atoms with Crippen LogP contribution in [-0.2, 0) is 0 Å². The average Bonchev–Trinajstić information content (AvgIpc) is 2.86. The highest BCUT2D eigenvalue weighted by molar-refractivity contribution is 6.07. The quantitative estimate of drug-likeness (QED) is 0.364. The van der Waals surface area contributed by atoms with Gasteiger partial charge in [0.25, 0.3) is 11.8 Å². The molecule has 5 rings (SSSR count). The summed E-state index contributed by atoms with van der Waals surface area (Å²) in [6, 6.07) is 22.2. The molecule has 1 aliphatic rings. The van der Waals surface area contributed by atoms with E-state index < -0.39 is 5.91 Å². The lowest BCUT2D eigenvalue weighted by molar-refractivity contribution is 0.0999. The molecule has 8 heteroatoms. The van der Waals surface area contributed by atoms with Crippen LogP contribution in [0, 0.1) is 0 Å². The number of benzene rings is 3. The van der Waals surface area contributed by atoms with E-state index in [1.807, 2.05) is 48.5 Å². The molecular weight excluding hydrogens is 440 g/mol. The van der Waals surface area contributed by atoms with Crippen LogP contribution in [0.15, 0.2) is 79.1 Å². The summed E-state index contributed by atoms with van der Waals surface area (Å²) in [5.74, 6) is -0.0260. The number of carbonyl (C=O) groups is 2. The maximum atomic E-state index is 12.5. The summed E-state index contributed by atoms with van der Waals surface area (Å²) in [4.78, 5) is 35.5. The Bertz CT molecular complexity index is 1350. The highest BCUT2D eigenvalue weighted by Crippen LogP contribution is 2.28. The molecule has 0 unspecified atom stereocenters. The molecule has 1 fully saturated rings. The van der Waals surface area contributed by atoms with E-state index in [1.165, 1.54) is 12.7 Å². The number of hydrogen-bond donors (Lipinski definition) is 3. The summed E-state index contributed by atoms with van der Waals surface area (Å²) in [6.07, 6.45) is 2.63. The first-order chi connectivity index (χ1) is 17.1. The van der Waals surface area contributed by atoms with Crippen molar-refractivity contribution in [3.63, 3.8) is 0 Å². The molecule has 4 N–H and O–H groups in total. The Balaban J connectivity index is 1.40. The molecule has 2 amide bonds. The highest BCUT2D eigenvalue weighted by Gasteiger charge is 2.22. The fourth-order valence-corrected chi connectivity index (χ4v) is 4.21. The van der Waals surface area contributed by atoms with Gasteiger partial charge < -0.3 is 21.3 Å². The summed E-state index contributed by atoms with van der Waals surface area (Å²) in [5.41, 5.74) is 8.84. The van der Waals surface area contributed by atoms with Crippen LogP contribution in [0.4, 0.5) is 11.5 Å². The molecule has 1 atom stereocenters. The van der Waals surface area contributed by atoms with Crippen molar-refractivity contribution >= 4 is 34.2 Å². The molecule has 8 nitrogen and oxygen atoms in total. The van der Waals surface area contributed by atoms with E-state index in [2.05, 4.69) is 25.5 Å². The fraction of sp³-hybridized carbons (Fsp3) is 0.185. The van der Waals surface area contributed by atoms with Crippen molar-refractivity contribution in [1.82, 2.24) is 14.9 Å². The van der Waals surface area contributed by atoms with E-state index in [9.17, 15) is 9.59 Å². The van der Waals surface area contributed by atoms with Crippen LogP contribution in [0.3, 0.4) is 0 Å². The third-order valence-corrected chi connectivity index (χ3v) is 6.24. The zero-order valence-corrected chi connectivity index (χ0v) is 19.1. The van der Waals surface area contributed by atoms with Crippen molar-refractivity contribution in [3.05, 3.63) is 95.8 Å². The zero-order valence-electron chi connectivity index (χ0n) is 19.1. The Kier molecular flexibility index (Phi) is 6.36. The molecule has 0 radical (unpaired) electrons. The Hall–Kier alpha value is -4.30. The van der Waals surface area contributed by atoms with Crippen LogP contribution >= 0.6 is 0 Å².